The van der Waals surface area contributed by atoms with E-state index in [4.69, 9.17) is 0 Å². The molecule has 20 heavy (non-hydrogen) atoms. The first-order valence-electron chi connectivity index (χ1n) is 6.72. The van der Waals surface area contributed by atoms with Gasteiger partial charge in [0.15, 0.2) is 5.78 Å². The minimum Gasteiger partial charge on any atom is -0.305 e. The van der Waals surface area contributed by atoms with Gasteiger partial charge in [0, 0.05) is 5.56 Å². The maximum Gasteiger partial charge on any atom is 0.416 e. The summed E-state index contributed by atoms with van der Waals surface area (Å²) in [5.41, 5.74) is -0.635. The topological polar surface area (TPSA) is 29.1 Å². The molecule has 2 nitrogen and oxygen atoms in total. The third-order valence-electron chi connectivity index (χ3n) is 3.92. The van der Waals surface area contributed by atoms with Crippen molar-refractivity contribution in [2.24, 2.45) is 0 Å². The maximum absolute atomic E-state index is 12.6. The van der Waals surface area contributed by atoms with Gasteiger partial charge in [-0.2, -0.15) is 13.2 Å². The van der Waals surface area contributed by atoms with E-state index in [1.54, 1.807) is 6.92 Å². The number of benzene rings is 1. The summed E-state index contributed by atoms with van der Waals surface area (Å²) >= 11 is 0. The average Bonchev–Trinajstić information content (AvgIpc) is 2.37. The number of carbonyl (C=O) groups is 1. The van der Waals surface area contributed by atoms with Gasteiger partial charge >= 0.3 is 6.18 Å². The van der Waals surface area contributed by atoms with E-state index < -0.39 is 17.3 Å². The zero-order chi connectivity index (χ0) is 15.0. The molecule has 1 atom stereocenters. The summed E-state index contributed by atoms with van der Waals surface area (Å²) in [7, 11) is 0. The fourth-order valence-electron chi connectivity index (χ4n) is 2.64. The number of Topliss-reactive ketones (excluding diaryl/α,β-unsaturated/α-hetero) is 1. The van der Waals surface area contributed by atoms with Crippen molar-refractivity contribution in [3.63, 3.8) is 0 Å². The van der Waals surface area contributed by atoms with Crippen LogP contribution in [-0.2, 0) is 6.18 Å². The lowest BCUT2D eigenvalue weighted by molar-refractivity contribution is -0.137. The number of piperidine rings is 1. The predicted octanol–water partition coefficient (Wildman–Crippen LogP) is 3.73. The molecular weight excluding hydrogens is 267 g/mol. The van der Waals surface area contributed by atoms with Crippen LogP contribution in [0.4, 0.5) is 13.2 Å². The molecule has 0 aromatic heterocycles. The smallest absolute Gasteiger partial charge is 0.305 e. The number of carbonyl (C=O) groups excluding carboxylic acids is 1. The lowest BCUT2D eigenvalue weighted by Gasteiger charge is -2.34. The van der Waals surface area contributed by atoms with Gasteiger partial charge < -0.3 is 5.32 Å². The SMILES string of the molecule is Cc1cc(C(F)(F)F)ccc1C(=O)C1(C)CCCCN1. The summed E-state index contributed by atoms with van der Waals surface area (Å²) in [5, 5.41) is 3.19. The highest BCUT2D eigenvalue weighted by Gasteiger charge is 2.36. The average molecular weight is 285 g/mol. The Labute approximate surface area is 116 Å². The number of alkyl halides is 3. The summed E-state index contributed by atoms with van der Waals surface area (Å²) in [6.07, 6.45) is -1.69. The number of ketones is 1. The number of hydrogen-bond donors (Lipinski definition) is 1. The molecule has 1 aliphatic heterocycles. The second-order valence-corrected chi connectivity index (χ2v) is 5.57. The van der Waals surface area contributed by atoms with Crippen LogP contribution >= 0.6 is 0 Å². The van der Waals surface area contributed by atoms with Crippen molar-refractivity contribution in [1.29, 1.82) is 0 Å². The standard InChI is InChI=1S/C15H18F3NO/c1-10-9-11(15(16,17)18)5-6-12(10)13(20)14(2)7-3-4-8-19-14/h5-6,9,19H,3-4,7-8H2,1-2H3. The monoisotopic (exact) mass is 285 g/mol. The molecule has 0 spiro atoms. The van der Waals surface area contributed by atoms with Gasteiger partial charge in [-0.3, -0.25) is 4.79 Å². The van der Waals surface area contributed by atoms with Gasteiger partial charge in [-0.1, -0.05) is 6.07 Å². The van der Waals surface area contributed by atoms with Gasteiger partial charge in [0.2, 0.25) is 0 Å². The van der Waals surface area contributed by atoms with Gasteiger partial charge in [-0.05, 0) is 57.4 Å². The van der Waals surface area contributed by atoms with Gasteiger partial charge in [0.05, 0.1) is 11.1 Å². The van der Waals surface area contributed by atoms with Gasteiger partial charge in [0.1, 0.15) is 0 Å². The Morgan fingerprint density at radius 3 is 2.50 bits per heavy atom. The number of hydrogen-bond acceptors (Lipinski definition) is 2. The molecule has 1 saturated heterocycles. The first kappa shape index (κ1) is 15.0. The van der Waals surface area contributed by atoms with Crippen LogP contribution in [0.15, 0.2) is 18.2 Å². The van der Waals surface area contributed by atoms with Crippen LogP contribution in [0.3, 0.4) is 0 Å². The van der Waals surface area contributed by atoms with Crippen LogP contribution < -0.4 is 5.32 Å². The highest BCUT2D eigenvalue weighted by molar-refractivity contribution is 6.04. The summed E-state index contributed by atoms with van der Waals surface area (Å²) in [5.74, 6) is -0.122. The van der Waals surface area contributed by atoms with E-state index in [-0.39, 0.29) is 5.78 Å². The zero-order valence-electron chi connectivity index (χ0n) is 11.6. The number of halogens is 3. The molecule has 1 aromatic carbocycles. The first-order valence-corrected chi connectivity index (χ1v) is 6.72. The van der Waals surface area contributed by atoms with Crippen molar-refractivity contribution < 1.29 is 18.0 Å². The Morgan fingerprint density at radius 1 is 1.30 bits per heavy atom. The van der Waals surface area contributed by atoms with Crippen LogP contribution in [0.2, 0.25) is 0 Å². The molecule has 5 heteroatoms. The van der Waals surface area contributed by atoms with Crippen LogP contribution in [-0.4, -0.2) is 17.9 Å². The second-order valence-electron chi connectivity index (χ2n) is 5.57. The number of rotatable bonds is 2. The van der Waals surface area contributed by atoms with E-state index in [1.807, 2.05) is 6.92 Å². The molecule has 1 heterocycles. The lowest BCUT2D eigenvalue weighted by atomic mass is 9.82. The van der Waals surface area contributed by atoms with Crippen molar-refractivity contribution >= 4 is 5.78 Å². The number of nitrogens with one attached hydrogen (secondary N) is 1. The molecular formula is C15H18F3NO. The minimum absolute atomic E-state index is 0.122. The van der Waals surface area contributed by atoms with Gasteiger partial charge in [0.25, 0.3) is 0 Å². The molecule has 0 radical (unpaired) electrons. The molecule has 1 unspecified atom stereocenters. The summed E-state index contributed by atoms with van der Waals surface area (Å²) in [4.78, 5) is 12.6. The van der Waals surface area contributed by atoms with Crippen LogP contribution in [0, 0.1) is 6.92 Å². The second kappa shape index (κ2) is 5.20. The zero-order valence-corrected chi connectivity index (χ0v) is 11.6. The van der Waals surface area contributed by atoms with Gasteiger partial charge in [-0.15, -0.1) is 0 Å². The van der Waals surface area contributed by atoms with Crippen molar-refractivity contribution in [2.45, 2.75) is 44.8 Å². The molecule has 110 valence electrons. The van der Waals surface area contributed by atoms with Crippen LogP contribution in [0.1, 0.15) is 47.7 Å². The summed E-state index contributed by atoms with van der Waals surface area (Å²) in [6, 6.07) is 3.31. The fourth-order valence-corrected chi connectivity index (χ4v) is 2.64. The fraction of sp³-hybridized carbons (Fsp3) is 0.533. The molecule has 0 amide bonds. The quantitative estimate of drug-likeness (QED) is 0.839. The molecule has 0 saturated carbocycles. The van der Waals surface area contributed by atoms with Crippen LogP contribution in [0.5, 0.6) is 0 Å². The van der Waals surface area contributed by atoms with Gasteiger partial charge in [-0.25, -0.2) is 0 Å². The Hall–Kier alpha value is -1.36. The molecule has 1 aromatic rings. The van der Waals surface area contributed by atoms with E-state index >= 15 is 0 Å². The van der Waals surface area contributed by atoms with E-state index in [0.29, 0.717) is 17.5 Å². The lowest BCUT2D eigenvalue weighted by Crippen LogP contribution is -2.52. The normalized spacial score (nSPS) is 23.6. The highest BCUT2D eigenvalue weighted by atomic mass is 19.4. The Morgan fingerprint density at radius 2 is 2.00 bits per heavy atom. The van der Waals surface area contributed by atoms with Crippen molar-refractivity contribution in [3.05, 3.63) is 34.9 Å². The van der Waals surface area contributed by atoms with Crippen molar-refractivity contribution in [2.75, 3.05) is 6.54 Å². The molecule has 1 N–H and O–H groups in total. The Bertz CT molecular complexity index is 516. The van der Waals surface area contributed by atoms with E-state index in [2.05, 4.69) is 5.32 Å². The van der Waals surface area contributed by atoms with E-state index in [1.165, 1.54) is 6.07 Å². The maximum atomic E-state index is 12.6. The molecule has 0 aliphatic carbocycles. The third-order valence-corrected chi connectivity index (χ3v) is 3.92. The highest BCUT2D eigenvalue weighted by Crippen LogP contribution is 2.32. The molecule has 0 bridgehead atoms. The van der Waals surface area contributed by atoms with Crippen molar-refractivity contribution in [3.8, 4) is 0 Å². The Balaban J connectivity index is 2.31. The van der Waals surface area contributed by atoms with Crippen LogP contribution in [0.25, 0.3) is 0 Å². The predicted molar refractivity (Wildman–Crippen MR) is 70.8 cm³/mol. The first-order chi connectivity index (χ1) is 9.24. The summed E-state index contributed by atoms with van der Waals surface area (Å²) in [6.45, 7) is 4.14. The Kier molecular flexibility index (Phi) is 3.91. The molecule has 1 aliphatic rings. The van der Waals surface area contributed by atoms with E-state index in [9.17, 15) is 18.0 Å². The largest absolute Gasteiger partial charge is 0.416 e. The van der Waals surface area contributed by atoms with Crippen molar-refractivity contribution in [1.82, 2.24) is 5.32 Å². The summed E-state index contributed by atoms with van der Waals surface area (Å²) < 4.78 is 37.9. The molecule has 2 rings (SSSR count). The third kappa shape index (κ3) is 2.87. The minimum atomic E-state index is -4.38. The molecule has 1 fully saturated rings. The number of aryl methyl sites for hydroxylation is 1. The van der Waals surface area contributed by atoms with E-state index in [0.717, 1.165) is 31.5 Å².